The van der Waals surface area contributed by atoms with Crippen molar-refractivity contribution in [2.75, 3.05) is 10.6 Å². The van der Waals surface area contributed by atoms with Crippen molar-refractivity contribution >= 4 is 31.8 Å². The first-order valence-electron chi connectivity index (χ1n) is 7.54. The van der Waals surface area contributed by atoms with Crippen LogP contribution in [0.15, 0.2) is 51.5 Å². The monoisotopic (exact) mass is 458 g/mol. The lowest BCUT2D eigenvalue weighted by Crippen LogP contribution is -2.30. The smallest absolute Gasteiger partial charge is 0.314 e. The molecule has 142 valence electrons. The summed E-state index contributed by atoms with van der Waals surface area (Å²) in [5.74, 6) is -0.506. The standard InChI is InChI=1S/C16H13BrF2N4O3S/c1-27(24,25)23(13-7-6-12(17)8-20-13)9-10-2-4-11(5-3-10)15-21-22-16(26-15)14(18)19/h2-8,14H,9H2,1H3. The maximum atomic E-state index is 12.5. The van der Waals surface area contributed by atoms with Gasteiger partial charge >= 0.3 is 6.43 Å². The summed E-state index contributed by atoms with van der Waals surface area (Å²) in [4.78, 5) is 4.12. The van der Waals surface area contributed by atoms with Crippen molar-refractivity contribution in [2.45, 2.75) is 13.0 Å². The number of sulfonamides is 1. The molecule has 0 amide bonds. The summed E-state index contributed by atoms with van der Waals surface area (Å²) in [7, 11) is -3.57. The molecule has 0 aliphatic heterocycles. The van der Waals surface area contributed by atoms with Gasteiger partial charge in [0.25, 0.3) is 5.89 Å². The first-order valence-corrected chi connectivity index (χ1v) is 10.2. The van der Waals surface area contributed by atoms with Crippen LogP contribution >= 0.6 is 15.9 Å². The largest absolute Gasteiger partial charge is 0.415 e. The molecule has 0 aliphatic carbocycles. The molecule has 0 saturated carbocycles. The summed E-state index contributed by atoms with van der Waals surface area (Å²) < 4.78 is 56.1. The van der Waals surface area contributed by atoms with Gasteiger partial charge in [0.2, 0.25) is 15.9 Å². The molecule has 7 nitrogen and oxygen atoms in total. The average Bonchev–Trinajstić information content (AvgIpc) is 3.11. The Kier molecular flexibility index (Phi) is 5.51. The van der Waals surface area contributed by atoms with Crippen molar-refractivity contribution < 1.29 is 21.6 Å². The first-order chi connectivity index (χ1) is 12.7. The minimum Gasteiger partial charge on any atom is -0.415 e. The number of nitrogens with zero attached hydrogens (tertiary/aromatic N) is 4. The summed E-state index contributed by atoms with van der Waals surface area (Å²) in [5.41, 5.74) is 1.12. The van der Waals surface area contributed by atoms with Crippen LogP contribution in [0.5, 0.6) is 0 Å². The predicted molar refractivity (Wildman–Crippen MR) is 97.7 cm³/mol. The zero-order valence-corrected chi connectivity index (χ0v) is 16.3. The number of rotatable bonds is 6. The van der Waals surface area contributed by atoms with Crippen LogP contribution in [0.25, 0.3) is 11.5 Å². The Labute approximate surface area is 162 Å². The van der Waals surface area contributed by atoms with Crippen LogP contribution in [0.2, 0.25) is 0 Å². The lowest BCUT2D eigenvalue weighted by molar-refractivity contribution is 0.116. The van der Waals surface area contributed by atoms with E-state index in [-0.39, 0.29) is 18.3 Å². The third-order valence-corrected chi connectivity index (χ3v) is 5.11. The van der Waals surface area contributed by atoms with Crippen LogP contribution in [0.1, 0.15) is 17.9 Å². The van der Waals surface area contributed by atoms with Crippen molar-refractivity contribution in [3.8, 4) is 11.5 Å². The number of aromatic nitrogens is 3. The Hall–Kier alpha value is -2.40. The second-order valence-electron chi connectivity index (χ2n) is 5.55. The van der Waals surface area contributed by atoms with Gasteiger partial charge in [0.1, 0.15) is 5.82 Å². The molecule has 2 heterocycles. The van der Waals surface area contributed by atoms with Gasteiger partial charge in [-0.05, 0) is 45.8 Å². The van der Waals surface area contributed by atoms with Gasteiger partial charge in [0.05, 0.1) is 12.8 Å². The van der Waals surface area contributed by atoms with E-state index in [1.165, 1.54) is 6.20 Å². The molecule has 0 bridgehead atoms. The third-order valence-electron chi connectivity index (χ3n) is 3.52. The van der Waals surface area contributed by atoms with Gasteiger partial charge < -0.3 is 4.42 Å². The van der Waals surface area contributed by atoms with Gasteiger partial charge in [-0.25, -0.2) is 17.7 Å². The molecule has 1 aromatic carbocycles. The first kappa shape index (κ1) is 19.4. The van der Waals surface area contributed by atoms with Crippen LogP contribution < -0.4 is 4.31 Å². The molecule has 3 aromatic rings. The zero-order chi connectivity index (χ0) is 19.6. The summed E-state index contributed by atoms with van der Waals surface area (Å²) in [6.45, 7) is 0.0554. The SMILES string of the molecule is CS(=O)(=O)N(Cc1ccc(-c2nnc(C(F)F)o2)cc1)c1ccc(Br)cn1. The molecule has 0 fully saturated rings. The lowest BCUT2D eigenvalue weighted by atomic mass is 10.1. The van der Waals surface area contributed by atoms with Crippen LogP contribution in [0.3, 0.4) is 0 Å². The van der Waals surface area contributed by atoms with Crippen molar-refractivity contribution in [2.24, 2.45) is 0 Å². The fraction of sp³-hybridized carbons (Fsp3) is 0.188. The zero-order valence-electron chi connectivity index (χ0n) is 13.9. The van der Waals surface area contributed by atoms with Crippen molar-refractivity contribution in [1.29, 1.82) is 0 Å². The van der Waals surface area contributed by atoms with Gasteiger partial charge in [-0.3, -0.25) is 0 Å². The Balaban J connectivity index is 1.83. The summed E-state index contributed by atoms with van der Waals surface area (Å²) in [6, 6.07) is 9.77. The van der Waals surface area contributed by atoms with Gasteiger partial charge in [-0.15, -0.1) is 10.2 Å². The van der Waals surface area contributed by atoms with E-state index in [2.05, 4.69) is 31.1 Å². The van der Waals surface area contributed by atoms with Gasteiger partial charge in [-0.1, -0.05) is 12.1 Å². The highest BCUT2D eigenvalue weighted by Gasteiger charge is 2.20. The maximum absolute atomic E-state index is 12.5. The summed E-state index contributed by atoms with van der Waals surface area (Å²) >= 11 is 3.26. The third kappa shape index (κ3) is 4.66. The minimum atomic E-state index is -3.57. The molecule has 3 rings (SSSR count). The molecule has 0 N–H and O–H groups in total. The Morgan fingerprint density at radius 3 is 2.37 bits per heavy atom. The highest BCUT2D eigenvalue weighted by Crippen LogP contribution is 2.25. The number of pyridine rings is 1. The molecule has 0 atom stereocenters. The van der Waals surface area contributed by atoms with E-state index >= 15 is 0 Å². The second kappa shape index (κ2) is 7.69. The van der Waals surface area contributed by atoms with Crippen molar-refractivity contribution in [3.05, 3.63) is 58.5 Å². The molecular weight excluding hydrogens is 446 g/mol. The average molecular weight is 459 g/mol. The van der Waals surface area contributed by atoms with E-state index in [0.717, 1.165) is 15.0 Å². The van der Waals surface area contributed by atoms with Gasteiger partial charge in [0, 0.05) is 16.2 Å². The fourth-order valence-corrected chi connectivity index (χ4v) is 3.31. The van der Waals surface area contributed by atoms with Crippen LogP contribution in [-0.2, 0) is 16.6 Å². The molecule has 0 radical (unpaired) electrons. The van der Waals surface area contributed by atoms with E-state index in [0.29, 0.717) is 11.1 Å². The summed E-state index contributed by atoms with van der Waals surface area (Å²) in [5, 5.41) is 6.85. The molecule has 0 saturated heterocycles. The normalized spacial score (nSPS) is 11.7. The predicted octanol–water partition coefficient (Wildman–Crippen LogP) is 3.80. The topological polar surface area (TPSA) is 89.2 Å². The molecule has 0 aliphatic rings. The maximum Gasteiger partial charge on any atom is 0.314 e. The number of benzene rings is 1. The number of anilines is 1. The van der Waals surface area contributed by atoms with Crippen LogP contribution in [0.4, 0.5) is 14.6 Å². The molecule has 0 spiro atoms. The quantitative estimate of drug-likeness (QED) is 0.557. The van der Waals surface area contributed by atoms with Gasteiger partial charge in [-0.2, -0.15) is 8.78 Å². The molecule has 27 heavy (non-hydrogen) atoms. The van der Waals surface area contributed by atoms with E-state index in [9.17, 15) is 17.2 Å². The van der Waals surface area contributed by atoms with Gasteiger partial charge in [0.15, 0.2) is 0 Å². The van der Waals surface area contributed by atoms with Crippen LogP contribution in [-0.4, -0.2) is 29.9 Å². The Morgan fingerprint density at radius 2 is 1.85 bits per heavy atom. The van der Waals surface area contributed by atoms with E-state index in [4.69, 9.17) is 4.42 Å². The summed E-state index contributed by atoms with van der Waals surface area (Å²) in [6.07, 6.45) is -0.241. The van der Waals surface area contributed by atoms with Crippen molar-refractivity contribution in [1.82, 2.24) is 15.2 Å². The number of halogens is 3. The molecule has 0 unspecified atom stereocenters. The van der Waals surface area contributed by atoms with Crippen molar-refractivity contribution in [3.63, 3.8) is 0 Å². The highest BCUT2D eigenvalue weighted by atomic mass is 79.9. The number of hydrogen-bond donors (Lipinski definition) is 0. The number of hydrogen-bond acceptors (Lipinski definition) is 6. The lowest BCUT2D eigenvalue weighted by Gasteiger charge is -2.21. The molecule has 11 heteroatoms. The Bertz CT molecular complexity index is 1020. The molecule has 2 aromatic heterocycles. The molecular formula is C16H13BrF2N4O3S. The number of alkyl halides is 2. The van der Waals surface area contributed by atoms with E-state index in [1.54, 1.807) is 36.4 Å². The minimum absolute atomic E-state index is 0.0357. The van der Waals surface area contributed by atoms with Crippen LogP contribution in [0, 0.1) is 0 Å². The van der Waals surface area contributed by atoms with E-state index in [1.807, 2.05) is 0 Å². The second-order valence-corrected chi connectivity index (χ2v) is 8.37. The fourth-order valence-electron chi connectivity index (χ4n) is 2.24. The highest BCUT2D eigenvalue weighted by molar-refractivity contribution is 9.10. The van der Waals surface area contributed by atoms with E-state index < -0.39 is 22.3 Å². The Morgan fingerprint density at radius 1 is 1.15 bits per heavy atom.